The molecule has 1 aromatic heterocycles. The van der Waals surface area contributed by atoms with Gasteiger partial charge in [0.05, 0.1) is 11.9 Å². The molecule has 0 radical (unpaired) electrons. The fraction of sp³-hybridized carbons (Fsp3) is 0.158. The van der Waals surface area contributed by atoms with E-state index < -0.39 is 12.1 Å². The maximum atomic E-state index is 12.3. The molecule has 3 rings (SSSR count). The molecule has 0 spiro atoms. The Morgan fingerprint density at radius 3 is 2.40 bits per heavy atom. The van der Waals surface area contributed by atoms with Crippen LogP contribution in [0.5, 0.6) is 0 Å². The largest absolute Gasteiger partial charge is 0.449 e. The van der Waals surface area contributed by atoms with E-state index in [0.717, 1.165) is 11.3 Å². The number of nitrogens with zero attached hydrogens (tertiary/aromatic N) is 3. The molecule has 6 heteroatoms. The number of para-hydroxylation sites is 1. The summed E-state index contributed by atoms with van der Waals surface area (Å²) >= 11 is 0. The highest BCUT2D eigenvalue weighted by Gasteiger charge is 2.22. The first-order valence-corrected chi connectivity index (χ1v) is 7.84. The Hall–Kier alpha value is -3.28. The highest BCUT2D eigenvalue weighted by molar-refractivity contribution is 6.01. The molecule has 0 aliphatic rings. The second-order valence-corrected chi connectivity index (χ2v) is 5.63. The number of ether oxygens (including phenoxy) is 1. The van der Waals surface area contributed by atoms with Crippen molar-refractivity contribution >= 4 is 11.8 Å². The van der Waals surface area contributed by atoms with Gasteiger partial charge in [-0.1, -0.05) is 48.0 Å². The number of ketones is 1. The molecule has 0 saturated heterocycles. The topological polar surface area (TPSA) is 74.1 Å². The van der Waals surface area contributed by atoms with E-state index in [4.69, 9.17) is 4.74 Å². The number of hydrogen-bond acceptors (Lipinski definition) is 5. The van der Waals surface area contributed by atoms with Gasteiger partial charge in [0, 0.05) is 5.56 Å². The van der Waals surface area contributed by atoms with Crippen LogP contribution in [-0.4, -0.2) is 32.9 Å². The van der Waals surface area contributed by atoms with Crippen LogP contribution in [0.3, 0.4) is 0 Å². The fourth-order valence-electron chi connectivity index (χ4n) is 2.27. The number of esters is 1. The van der Waals surface area contributed by atoms with Crippen LogP contribution in [0.1, 0.15) is 33.3 Å². The average molecular weight is 335 g/mol. The number of rotatable bonds is 5. The molecular weight excluding hydrogens is 318 g/mol. The minimum absolute atomic E-state index is 0.0485. The number of benzene rings is 2. The Labute approximate surface area is 145 Å². The molecule has 0 unspecified atom stereocenters. The molecule has 126 valence electrons. The third-order valence-corrected chi connectivity index (χ3v) is 3.68. The van der Waals surface area contributed by atoms with Crippen LogP contribution in [0.25, 0.3) is 5.69 Å². The molecule has 2 aromatic carbocycles. The van der Waals surface area contributed by atoms with Crippen molar-refractivity contribution in [1.82, 2.24) is 15.0 Å². The van der Waals surface area contributed by atoms with Crippen molar-refractivity contribution in [2.75, 3.05) is 0 Å². The Kier molecular flexibility index (Phi) is 4.70. The zero-order valence-corrected chi connectivity index (χ0v) is 13.9. The van der Waals surface area contributed by atoms with Crippen molar-refractivity contribution in [3.05, 3.63) is 77.6 Å². The van der Waals surface area contributed by atoms with Gasteiger partial charge in [-0.3, -0.25) is 4.79 Å². The lowest BCUT2D eigenvalue weighted by atomic mass is 10.1. The van der Waals surface area contributed by atoms with E-state index in [1.165, 1.54) is 11.0 Å². The van der Waals surface area contributed by atoms with Crippen LogP contribution in [0.2, 0.25) is 0 Å². The molecule has 0 aliphatic carbocycles. The number of Topliss-reactive ketones (excluding diaryl/α,β-unsaturated/α-hetero) is 1. The van der Waals surface area contributed by atoms with Crippen molar-refractivity contribution in [3.63, 3.8) is 0 Å². The Morgan fingerprint density at radius 2 is 1.72 bits per heavy atom. The third kappa shape index (κ3) is 3.80. The zero-order chi connectivity index (χ0) is 17.8. The van der Waals surface area contributed by atoms with Crippen LogP contribution < -0.4 is 0 Å². The minimum atomic E-state index is -0.905. The van der Waals surface area contributed by atoms with Gasteiger partial charge in [-0.2, -0.15) is 9.90 Å². The zero-order valence-electron chi connectivity index (χ0n) is 13.9. The van der Waals surface area contributed by atoms with Gasteiger partial charge < -0.3 is 4.74 Å². The normalized spacial score (nSPS) is 11.8. The number of aromatic nitrogens is 3. The fourth-order valence-corrected chi connectivity index (χ4v) is 2.27. The number of carbonyl (C=O) groups excluding carboxylic acids is 2. The predicted octanol–water partition coefficient (Wildman–Crippen LogP) is 3.00. The van der Waals surface area contributed by atoms with Crippen LogP contribution in [-0.2, 0) is 4.74 Å². The van der Waals surface area contributed by atoms with Crippen molar-refractivity contribution < 1.29 is 14.3 Å². The van der Waals surface area contributed by atoms with Crippen molar-refractivity contribution in [1.29, 1.82) is 0 Å². The summed E-state index contributed by atoms with van der Waals surface area (Å²) in [5.41, 5.74) is 2.33. The van der Waals surface area contributed by atoms with Crippen LogP contribution in [0.4, 0.5) is 0 Å². The Morgan fingerprint density at radius 1 is 1.04 bits per heavy atom. The van der Waals surface area contributed by atoms with E-state index in [0.29, 0.717) is 5.56 Å². The standard InChI is InChI=1S/C19H17N3O3/c1-13-8-10-15(11-9-13)18(23)14(2)25-19(24)17-12-20-22(21-17)16-6-4-3-5-7-16/h3-12,14H,1-2H3/t14-/m0/s1. The second-order valence-electron chi connectivity index (χ2n) is 5.63. The summed E-state index contributed by atoms with van der Waals surface area (Å²) in [5, 5.41) is 8.14. The summed E-state index contributed by atoms with van der Waals surface area (Å²) in [5.74, 6) is -0.945. The Bertz CT molecular complexity index is 886. The van der Waals surface area contributed by atoms with Crippen LogP contribution >= 0.6 is 0 Å². The summed E-state index contributed by atoms with van der Waals surface area (Å²) in [6.07, 6.45) is 0.412. The first-order chi connectivity index (χ1) is 12.0. The molecule has 0 saturated carbocycles. The van der Waals surface area contributed by atoms with Crippen LogP contribution in [0, 0.1) is 6.92 Å². The first kappa shape index (κ1) is 16.6. The number of hydrogen-bond donors (Lipinski definition) is 0. The van der Waals surface area contributed by atoms with Gasteiger partial charge in [0.25, 0.3) is 0 Å². The molecule has 0 bridgehead atoms. The smallest absolute Gasteiger partial charge is 0.361 e. The van der Waals surface area contributed by atoms with E-state index >= 15 is 0 Å². The van der Waals surface area contributed by atoms with E-state index in [-0.39, 0.29) is 11.5 Å². The number of aryl methyl sites for hydroxylation is 1. The Balaban J connectivity index is 1.68. The molecule has 25 heavy (non-hydrogen) atoms. The van der Waals surface area contributed by atoms with Crippen molar-refractivity contribution in [2.45, 2.75) is 20.0 Å². The number of carbonyl (C=O) groups is 2. The van der Waals surface area contributed by atoms with Gasteiger partial charge in [0.2, 0.25) is 5.78 Å². The van der Waals surface area contributed by atoms with E-state index in [1.54, 1.807) is 19.1 Å². The summed E-state index contributed by atoms with van der Waals surface area (Å²) < 4.78 is 5.23. The quantitative estimate of drug-likeness (QED) is 0.529. The monoisotopic (exact) mass is 335 g/mol. The molecule has 0 aliphatic heterocycles. The van der Waals surface area contributed by atoms with Crippen molar-refractivity contribution in [2.24, 2.45) is 0 Å². The van der Waals surface area contributed by atoms with Gasteiger partial charge in [0.15, 0.2) is 11.8 Å². The maximum Gasteiger partial charge on any atom is 0.361 e. The van der Waals surface area contributed by atoms with E-state index in [1.807, 2.05) is 49.4 Å². The molecule has 0 amide bonds. The lowest BCUT2D eigenvalue weighted by Crippen LogP contribution is -2.24. The minimum Gasteiger partial charge on any atom is -0.449 e. The lowest BCUT2D eigenvalue weighted by Gasteiger charge is -2.11. The summed E-state index contributed by atoms with van der Waals surface area (Å²) in [7, 11) is 0. The van der Waals surface area contributed by atoms with Gasteiger partial charge in [-0.15, -0.1) is 5.10 Å². The molecule has 1 heterocycles. The average Bonchev–Trinajstić information content (AvgIpc) is 3.13. The molecule has 0 N–H and O–H groups in total. The first-order valence-electron chi connectivity index (χ1n) is 7.84. The summed E-state index contributed by atoms with van der Waals surface area (Å²) in [6, 6.07) is 16.3. The lowest BCUT2D eigenvalue weighted by molar-refractivity contribution is 0.0312. The van der Waals surface area contributed by atoms with Gasteiger partial charge in [-0.25, -0.2) is 4.79 Å². The highest BCUT2D eigenvalue weighted by atomic mass is 16.5. The summed E-state index contributed by atoms with van der Waals surface area (Å²) in [6.45, 7) is 3.48. The van der Waals surface area contributed by atoms with E-state index in [9.17, 15) is 9.59 Å². The molecule has 6 nitrogen and oxygen atoms in total. The second kappa shape index (κ2) is 7.09. The SMILES string of the molecule is Cc1ccc(C(=O)[C@H](C)OC(=O)c2cnn(-c3ccccc3)n2)cc1. The maximum absolute atomic E-state index is 12.3. The summed E-state index contributed by atoms with van der Waals surface area (Å²) in [4.78, 5) is 25.9. The van der Waals surface area contributed by atoms with Crippen LogP contribution in [0.15, 0.2) is 60.8 Å². The molecule has 1 atom stereocenters. The van der Waals surface area contributed by atoms with Crippen molar-refractivity contribution in [3.8, 4) is 5.69 Å². The van der Waals surface area contributed by atoms with E-state index in [2.05, 4.69) is 10.2 Å². The predicted molar refractivity (Wildman–Crippen MR) is 91.7 cm³/mol. The molecule has 0 fully saturated rings. The molecule has 3 aromatic rings. The van der Waals surface area contributed by atoms with Gasteiger partial charge in [-0.05, 0) is 26.0 Å². The van der Waals surface area contributed by atoms with Gasteiger partial charge >= 0.3 is 5.97 Å². The van der Waals surface area contributed by atoms with Gasteiger partial charge in [0.1, 0.15) is 0 Å². The highest BCUT2D eigenvalue weighted by Crippen LogP contribution is 2.11. The third-order valence-electron chi connectivity index (χ3n) is 3.68. The molecular formula is C19H17N3O3.